The van der Waals surface area contributed by atoms with Crippen LogP contribution in [-0.2, 0) is 4.79 Å². The lowest BCUT2D eigenvalue weighted by Crippen LogP contribution is -2.42. The number of rotatable bonds is 6. The van der Waals surface area contributed by atoms with E-state index >= 15 is 0 Å². The second-order valence-electron chi connectivity index (χ2n) is 6.08. The first kappa shape index (κ1) is 17.5. The number of hydrogen-bond acceptors (Lipinski definition) is 2. The third-order valence-corrected chi connectivity index (χ3v) is 4.79. The predicted molar refractivity (Wildman–Crippen MR) is 101 cm³/mol. The van der Waals surface area contributed by atoms with Gasteiger partial charge in [-0.25, -0.2) is 4.79 Å². The SMILES string of the molecule is O=C(CNC(=O)N[C@@H](c1ccccc1)C1CC1)Nc1ccccc1Br. The van der Waals surface area contributed by atoms with Gasteiger partial charge in [0.15, 0.2) is 0 Å². The van der Waals surface area contributed by atoms with Crippen molar-refractivity contribution in [2.75, 3.05) is 11.9 Å². The largest absolute Gasteiger partial charge is 0.331 e. The van der Waals surface area contributed by atoms with Gasteiger partial charge < -0.3 is 16.0 Å². The molecule has 5 nitrogen and oxygen atoms in total. The molecule has 1 aliphatic rings. The molecule has 6 heteroatoms. The zero-order valence-electron chi connectivity index (χ0n) is 13.7. The van der Waals surface area contributed by atoms with Gasteiger partial charge in [-0.05, 0) is 52.4 Å². The van der Waals surface area contributed by atoms with Gasteiger partial charge in [0.1, 0.15) is 0 Å². The van der Waals surface area contributed by atoms with Crippen molar-refractivity contribution in [2.45, 2.75) is 18.9 Å². The van der Waals surface area contributed by atoms with Crippen LogP contribution in [0.15, 0.2) is 59.1 Å². The van der Waals surface area contributed by atoms with Crippen LogP contribution in [0.3, 0.4) is 0 Å². The van der Waals surface area contributed by atoms with Crippen LogP contribution in [0.2, 0.25) is 0 Å². The minimum absolute atomic E-state index is 0.00692. The molecule has 3 N–H and O–H groups in total. The molecule has 3 rings (SSSR count). The standard InChI is InChI=1S/C19H20BrN3O2/c20-15-8-4-5-9-16(15)22-17(24)12-21-19(25)23-18(14-10-11-14)13-6-2-1-3-7-13/h1-9,14,18H,10-12H2,(H,22,24)(H2,21,23,25)/t18-/m0/s1. The molecule has 1 atom stereocenters. The monoisotopic (exact) mass is 401 g/mol. The highest BCUT2D eigenvalue weighted by molar-refractivity contribution is 9.10. The maximum absolute atomic E-state index is 12.2. The maximum atomic E-state index is 12.2. The second kappa shape index (κ2) is 8.16. The molecule has 1 fully saturated rings. The number of carbonyl (C=O) groups is 2. The number of hydrogen-bond donors (Lipinski definition) is 3. The first-order chi connectivity index (χ1) is 12.1. The fourth-order valence-corrected chi connectivity index (χ4v) is 3.06. The van der Waals surface area contributed by atoms with E-state index in [-0.39, 0.29) is 24.5 Å². The normalized spacial score (nSPS) is 14.4. The van der Waals surface area contributed by atoms with Crippen LogP contribution < -0.4 is 16.0 Å². The highest BCUT2D eigenvalue weighted by atomic mass is 79.9. The third-order valence-electron chi connectivity index (χ3n) is 4.10. The molecule has 0 aliphatic heterocycles. The number of carbonyl (C=O) groups excluding carboxylic acids is 2. The molecule has 2 aromatic carbocycles. The number of nitrogens with one attached hydrogen (secondary N) is 3. The number of para-hydroxylation sites is 1. The van der Waals surface area contributed by atoms with E-state index in [0.29, 0.717) is 11.6 Å². The molecular weight excluding hydrogens is 382 g/mol. The van der Waals surface area contributed by atoms with E-state index < -0.39 is 0 Å². The smallest absolute Gasteiger partial charge is 0.315 e. The summed E-state index contributed by atoms with van der Waals surface area (Å²) in [6.45, 7) is -0.0840. The summed E-state index contributed by atoms with van der Waals surface area (Å²) in [5, 5.41) is 8.37. The van der Waals surface area contributed by atoms with Crippen molar-refractivity contribution in [3.05, 3.63) is 64.6 Å². The highest BCUT2D eigenvalue weighted by Crippen LogP contribution is 2.40. The third kappa shape index (κ3) is 5.06. The van der Waals surface area contributed by atoms with Crippen LogP contribution in [0.5, 0.6) is 0 Å². The Bertz CT molecular complexity index is 747. The van der Waals surface area contributed by atoms with Crippen LogP contribution in [0.1, 0.15) is 24.4 Å². The van der Waals surface area contributed by atoms with Crippen molar-refractivity contribution < 1.29 is 9.59 Å². The van der Waals surface area contributed by atoms with E-state index in [0.717, 1.165) is 22.9 Å². The van der Waals surface area contributed by atoms with Crippen LogP contribution >= 0.6 is 15.9 Å². The van der Waals surface area contributed by atoms with E-state index in [9.17, 15) is 9.59 Å². The Kier molecular flexibility index (Phi) is 5.71. The van der Waals surface area contributed by atoms with Crippen LogP contribution in [0.4, 0.5) is 10.5 Å². The molecule has 25 heavy (non-hydrogen) atoms. The summed E-state index contributed by atoms with van der Waals surface area (Å²) in [5.41, 5.74) is 1.77. The lowest BCUT2D eigenvalue weighted by atomic mass is 10.0. The number of amides is 3. The topological polar surface area (TPSA) is 70.2 Å². The first-order valence-corrected chi connectivity index (χ1v) is 9.06. The Morgan fingerprint density at radius 1 is 1.04 bits per heavy atom. The average Bonchev–Trinajstić information content (AvgIpc) is 3.46. The molecule has 1 aliphatic carbocycles. The van der Waals surface area contributed by atoms with Gasteiger partial charge in [0.25, 0.3) is 0 Å². The number of halogens is 1. The van der Waals surface area contributed by atoms with E-state index in [1.54, 1.807) is 6.07 Å². The van der Waals surface area contributed by atoms with E-state index in [1.807, 2.05) is 48.5 Å². The van der Waals surface area contributed by atoms with Crippen LogP contribution in [-0.4, -0.2) is 18.5 Å². The van der Waals surface area contributed by atoms with Crippen molar-refractivity contribution in [1.82, 2.24) is 10.6 Å². The van der Waals surface area contributed by atoms with E-state index in [2.05, 4.69) is 31.9 Å². The van der Waals surface area contributed by atoms with Gasteiger partial charge in [-0.3, -0.25) is 4.79 Å². The molecule has 0 unspecified atom stereocenters. The molecular formula is C19H20BrN3O2. The van der Waals surface area contributed by atoms with Crippen LogP contribution in [0.25, 0.3) is 0 Å². The van der Waals surface area contributed by atoms with E-state index in [1.165, 1.54) is 0 Å². The van der Waals surface area contributed by atoms with Crippen molar-refractivity contribution in [2.24, 2.45) is 5.92 Å². The summed E-state index contributed by atoms with van der Waals surface area (Å²) < 4.78 is 0.797. The molecule has 0 saturated heterocycles. The maximum Gasteiger partial charge on any atom is 0.315 e. The Balaban J connectivity index is 1.50. The fourth-order valence-electron chi connectivity index (χ4n) is 2.67. The summed E-state index contributed by atoms with van der Waals surface area (Å²) in [5.74, 6) is 0.201. The minimum Gasteiger partial charge on any atom is -0.331 e. The van der Waals surface area contributed by atoms with Gasteiger partial charge in [-0.2, -0.15) is 0 Å². The summed E-state index contributed by atoms with van der Waals surface area (Å²) in [6, 6.07) is 16.9. The van der Waals surface area contributed by atoms with Crippen molar-refractivity contribution in [1.29, 1.82) is 0 Å². The highest BCUT2D eigenvalue weighted by Gasteiger charge is 2.33. The quantitative estimate of drug-likeness (QED) is 0.687. The number of urea groups is 1. The van der Waals surface area contributed by atoms with Gasteiger partial charge in [0.2, 0.25) is 5.91 Å². The summed E-state index contributed by atoms with van der Waals surface area (Å²) in [6.07, 6.45) is 2.23. The molecule has 0 heterocycles. The molecule has 0 spiro atoms. The zero-order chi connectivity index (χ0) is 17.6. The molecule has 1 saturated carbocycles. The second-order valence-corrected chi connectivity index (χ2v) is 6.94. The molecule has 0 radical (unpaired) electrons. The molecule has 130 valence electrons. The minimum atomic E-state index is -0.331. The van der Waals surface area contributed by atoms with Crippen molar-refractivity contribution in [3.63, 3.8) is 0 Å². The molecule has 2 aromatic rings. The zero-order valence-corrected chi connectivity index (χ0v) is 15.3. The van der Waals surface area contributed by atoms with Gasteiger partial charge in [0, 0.05) is 4.47 Å². The fraction of sp³-hybridized carbons (Fsp3) is 0.263. The molecule has 0 aromatic heterocycles. The Hall–Kier alpha value is -2.34. The Labute approximate surface area is 155 Å². The lowest BCUT2D eigenvalue weighted by molar-refractivity contribution is -0.115. The summed E-state index contributed by atoms with van der Waals surface area (Å²) >= 11 is 3.37. The summed E-state index contributed by atoms with van der Waals surface area (Å²) in [7, 11) is 0. The van der Waals surface area contributed by atoms with Gasteiger partial charge in [0.05, 0.1) is 18.3 Å². The predicted octanol–water partition coefficient (Wildman–Crippen LogP) is 3.84. The Morgan fingerprint density at radius 3 is 2.40 bits per heavy atom. The van der Waals surface area contributed by atoms with Gasteiger partial charge >= 0.3 is 6.03 Å². The number of benzene rings is 2. The van der Waals surface area contributed by atoms with Crippen molar-refractivity contribution in [3.8, 4) is 0 Å². The van der Waals surface area contributed by atoms with Gasteiger partial charge in [-0.1, -0.05) is 42.5 Å². The molecule has 0 bridgehead atoms. The summed E-state index contributed by atoms with van der Waals surface area (Å²) in [4.78, 5) is 24.2. The van der Waals surface area contributed by atoms with E-state index in [4.69, 9.17) is 0 Å². The van der Waals surface area contributed by atoms with Gasteiger partial charge in [-0.15, -0.1) is 0 Å². The van der Waals surface area contributed by atoms with Crippen molar-refractivity contribution >= 4 is 33.6 Å². The average molecular weight is 402 g/mol. The first-order valence-electron chi connectivity index (χ1n) is 8.27. The lowest BCUT2D eigenvalue weighted by Gasteiger charge is -2.19. The molecule has 3 amide bonds. The Morgan fingerprint density at radius 2 is 1.72 bits per heavy atom. The van der Waals surface area contributed by atoms with Crippen LogP contribution in [0, 0.1) is 5.92 Å². The number of anilines is 1.